The first-order chi connectivity index (χ1) is 15.7. The molecule has 11 heteroatoms. The van der Waals surface area contributed by atoms with Gasteiger partial charge < -0.3 is 29.4 Å². The number of ether oxygens (including phenoxy) is 4. The van der Waals surface area contributed by atoms with E-state index in [1.54, 1.807) is 27.7 Å². The van der Waals surface area contributed by atoms with Crippen molar-refractivity contribution >= 4 is 23.8 Å². The van der Waals surface area contributed by atoms with E-state index in [9.17, 15) is 24.4 Å². The maximum absolute atomic E-state index is 12.8. The highest BCUT2D eigenvalue weighted by molar-refractivity contribution is 5.82. The fraction of sp³-hybridized carbons (Fsp3) is 0.783. The fourth-order valence-electron chi connectivity index (χ4n) is 3.06. The number of carbonyl (C=O) groups excluding carboxylic acids is 4. The summed E-state index contributed by atoms with van der Waals surface area (Å²) >= 11 is 0. The number of aliphatic hydroxyl groups excluding tert-OH is 1. The molecule has 194 valence electrons. The van der Waals surface area contributed by atoms with Crippen molar-refractivity contribution in [1.82, 2.24) is 5.32 Å². The lowest BCUT2D eigenvalue weighted by molar-refractivity contribution is -0.173. The summed E-state index contributed by atoms with van der Waals surface area (Å²) in [5.74, 6) is -2.56. The molecule has 0 aliphatic rings. The van der Waals surface area contributed by atoms with Crippen LogP contribution in [0.25, 0.3) is 0 Å². The third-order valence-electron chi connectivity index (χ3n) is 4.98. The smallest absolute Gasteiger partial charge is 0.347 e. The number of methoxy groups -OCH3 is 1. The number of hydrogen-bond donors (Lipinski definition) is 2. The Morgan fingerprint density at radius 2 is 1.65 bits per heavy atom. The Hall–Kier alpha value is -2.71. The minimum absolute atomic E-state index is 0.000165. The van der Waals surface area contributed by atoms with Crippen LogP contribution in [0.3, 0.4) is 0 Å². The highest BCUT2D eigenvalue weighted by atomic mass is 16.6. The van der Waals surface area contributed by atoms with Gasteiger partial charge in [-0.15, -0.1) is 0 Å². The molecule has 0 aliphatic carbocycles. The zero-order valence-corrected chi connectivity index (χ0v) is 21.1. The average molecular weight is 487 g/mol. The molecule has 0 rings (SSSR count). The molecule has 0 aromatic carbocycles. The van der Waals surface area contributed by atoms with Crippen molar-refractivity contribution in [3.05, 3.63) is 0 Å². The van der Waals surface area contributed by atoms with Crippen LogP contribution >= 0.6 is 0 Å². The maximum atomic E-state index is 12.8. The number of nitrogens with one attached hydrogen (secondary N) is 1. The number of amides is 1. The van der Waals surface area contributed by atoms with E-state index >= 15 is 0 Å². The SMILES string of the molecule is COCCOC(=O)CCC(C)(C#N)CC(C)(C)C(=O)NCC(C)OC(=O)C(C)OC(=O)C(C)O. The Morgan fingerprint density at radius 1 is 1.03 bits per heavy atom. The number of rotatable bonds is 15. The van der Waals surface area contributed by atoms with Crippen LogP contribution in [0.15, 0.2) is 0 Å². The van der Waals surface area contributed by atoms with Crippen molar-refractivity contribution < 1.29 is 43.2 Å². The second-order valence-electron chi connectivity index (χ2n) is 9.16. The van der Waals surface area contributed by atoms with Crippen LogP contribution in [-0.4, -0.2) is 74.1 Å². The van der Waals surface area contributed by atoms with Crippen molar-refractivity contribution in [3.63, 3.8) is 0 Å². The topological polar surface area (TPSA) is 161 Å². The van der Waals surface area contributed by atoms with Crippen LogP contribution in [0.5, 0.6) is 0 Å². The Kier molecular flexibility index (Phi) is 13.4. The lowest BCUT2D eigenvalue weighted by Gasteiger charge is -2.32. The Morgan fingerprint density at radius 3 is 2.18 bits per heavy atom. The Labute approximate surface area is 201 Å². The first-order valence-electron chi connectivity index (χ1n) is 11.1. The van der Waals surface area contributed by atoms with Gasteiger partial charge in [-0.05, 0) is 40.5 Å². The molecule has 0 heterocycles. The molecule has 0 fully saturated rings. The molecule has 4 unspecified atom stereocenters. The molecule has 4 atom stereocenters. The maximum Gasteiger partial charge on any atom is 0.347 e. The van der Waals surface area contributed by atoms with Crippen LogP contribution in [0.4, 0.5) is 0 Å². The molecule has 0 aromatic rings. The molecule has 34 heavy (non-hydrogen) atoms. The Balaban J connectivity index is 4.72. The largest absolute Gasteiger partial charge is 0.463 e. The van der Waals surface area contributed by atoms with E-state index in [0.717, 1.165) is 0 Å². The van der Waals surface area contributed by atoms with Gasteiger partial charge in [0.2, 0.25) is 5.91 Å². The molecule has 0 radical (unpaired) electrons. The molecule has 0 saturated carbocycles. The van der Waals surface area contributed by atoms with Gasteiger partial charge in [-0.25, -0.2) is 9.59 Å². The van der Waals surface area contributed by atoms with Gasteiger partial charge in [0, 0.05) is 18.9 Å². The highest BCUT2D eigenvalue weighted by Crippen LogP contribution is 2.37. The quantitative estimate of drug-likeness (QED) is 0.196. The number of nitrogens with zero attached hydrogens (tertiary/aromatic N) is 1. The molecular weight excluding hydrogens is 448 g/mol. The second kappa shape index (κ2) is 14.5. The summed E-state index contributed by atoms with van der Waals surface area (Å²) in [5, 5.41) is 21.5. The van der Waals surface area contributed by atoms with Crippen LogP contribution in [0.2, 0.25) is 0 Å². The molecule has 0 saturated heterocycles. The van der Waals surface area contributed by atoms with Gasteiger partial charge in [-0.1, -0.05) is 13.8 Å². The summed E-state index contributed by atoms with van der Waals surface area (Å²) in [6, 6.07) is 2.20. The zero-order valence-electron chi connectivity index (χ0n) is 21.1. The summed E-state index contributed by atoms with van der Waals surface area (Å²) in [5.41, 5.74) is -1.89. The van der Waals surface area contributed by atoms with Crippen molar-refractivity contribution in [2.45, 2.75) is 79.1 Å². The number of carbonyl (C=O) groups is 4. The molecule has 0 bridgehead atoms. The third-order valence-corrected chi connectivity index (χ3v) is 4.98. The first kappa shape index (κ1) is 31.3. The summed E-state index contributed by atoms with van der Waals surface area (Å²) in [4.78, 5) is 48.0. The van der Waals surface area contributed by atoms with Crippen LogP contribution < -0.4 is 5.32 Å². The number of nitriles is 1. The van der Waals surface area contributed by atoms with E-state index in [-0.39, 0.29) is 44.9 Å². The van der Waals surface area contributed by atoms with Gasteiger partial charge in [0.05, 0.1) is 24.6 Å². The summed E-state index contributed by atoms with van der Waals surface area (Å²) in [7, 11) is 1.50. The van der Waals surface area contributed by atoms with Crippen LogP contribution in [-0.2, 0) is 38.1 Å². The van der Waals surface area contributed by atoms with E-state index < -0.39 is 47.0 Å². The minimum Gasteiger partial charge on any atom is -0.463 e. The van der Waals surface area contributed by atoms with Crippen molar-refractivity contribution in [2.75, 3.05) is 26.9 Å². The minimum atomic E-state index is -1.37. The lowest BCUT2D eigenvalue weighted by Crippen LogP contribution is -2.43. The van der Waals surface area contributed by atoms with Crippen molar-refractivity contribution in [1.29, 1.82) is 5.26 Å². The van der Waals surface area contributed by atoms with Crippen LogP contribution in [0.1, 0.15) is 60.8 Å². The van der Waals surface area contributed by atoms with Gasteiger partial charge in [0.15, 0.2) is 6.10 Å². The molecule has 0 aromatic heterocycles. The van der Waals surface area contributed by atoms with Crippen molar-refractivity contribution in [3.8, 4) is 6.07 Å². The lowest BCUT2D eigenvalue weighted by atomic mass is 9.72. The first-order valence-corrected chi connectivity index (χ1v) is 11.1. The molecule has 0 spiro atoms. The monoisotopic (exact) mass is 486 g/mol. The average Bonchev–Trinajstić information content (AvgIpc) is 2.75. The van der Waals surface area contributed by atoms with Gasteiger partial charge in [-0.2, -0.15) is 5.26 Å². The van der Waals surface area contributed by atoms with E-state index in [0.29, 0.717) is 0 Å². The molecule has 1 amide bonds. The van der Waals surface area contributed by atoms with E-state index in [1.165, 1.54) is 21.0 Å². The summed E-state index contributed by atoms with van der Waals surface area (Å²) < 4.78 is 19.8. The van der Waals surface area contributed by atoms with Gasteiger partial charge >= 0.3 is 17.9 Å². The van der Waals surface area contributed by atoms with E-state index in [4.69, 9.17) is 24.1 Å². The zero-order chi connectivity index (χ0) is 26.5. The summed E-state index contributed by atoms with van der Waals surface area (Å²) in [6.45, 7) is 9.56. The highest BCUT2D eigenvalue weighted by Gasteiger charge is 2.38. The molecule has 11 nitrogen and oxygen atoms in total. The van der Waals surface area contributed by atoms with E-state index in [1.807, 2.05) is 0 Å². The standard InChI is InChI=1S/C23H38N2O9/c1-15(33-20(29)17(3)34-19(28)16(2)26)12-25-21(30)22(4,5)13-23(6,14-24)9-8-18(27)32-11-10-31-7/h15-17,26H,8-13H2,1-7H3,(H,25,30). The summed E-state index contributed by atoms with van der Waals surface area (Å²) in [6.07, 6.45) is -2.85. The van der Waals surface area contributed by atoms with Crippen LogP contribution in [0, 0.1) is 22.2 Å². The Bertz CT molecular complexity index is 745. The molecule has 2 N–H and O–H groups in total. The molecule has 0 aliphatic heterocycles. The van der Waals surface area contributed by atoms with E-state index in [2.05, 4.69) is 11.4 Å². The van der Waals surface area contributed by atoms with Gasteiger partial charge in [0.1, 0.15) is 18.8 Å². The normalized spacial score (nSPS) is 15.6. The fourth-order valence-corrected chi connectivity index (χ4v) is 3.06. The predicted molar refractivity (Wildman–Crippen MR) is 120 cm³/mol. The third kappa shape index (κ3) is 12.0. The molecular formula is C23H38N2O9. The predicted octanol–water partition coefficient (Wildman–Crippen LogP) is 1.26. The number of esters is 3. The van der Waals surface area contributed by atoms with Gasteiger partial charge in [0.25, 0.3) is 0 Å². The number of hydrogen-bond acceptors (Lipinski definition) is 10. The second-order valence-corrected chi connectivity index (χ2v) is 9.16. The number of aliphatic hydroxyl groups is 1. The van der Waals surface area contributed by atoms with Gasteiger partial charge in [-0.3, -0.25) is 9.59 Å². The van der Waals surface area contributed by atoms with Crippen molar-refractivity contribution in [2.24, 2.45) is 10.8 Å².